The van der Waals surface area contributed by atoms with E-state index in [9.17, 15) is 4.79 Å². The molecule has 0 N–H and O–H groups in total. The second kappa shape index (κ2) is 10.4. The Kier molecular flexibility index (Phi) is 8.45. The van der Waals surface area contributed by atoms with Crippen LogP contribution >= 0.6 is 0 Å². The lowest BCUT2D eigenvalue weighted by Gasteiger charge is -2.02. The number of para-hydroxylation sites is 1. The first-order valence-electron chi connectivity index (χ1n) is 7.23. The minimum Gasteiger partial charge on any atom is -0.427 e. The van der Waals surface area contributed by atoms with E-state index in [-0.39, 0.29) is 5.97 Å². The topological polar surface area (TPSA) is 26.3 Å². The van der Waals surface area contributed by atoms with Crippen LogP contribution in [-0.2, 0) is 4.79 Å². The van der Waals surface area contributed by atoms with Gasteiger partial charge in [0.15, 0.2) is 0 Å². The largest absolute Gasteiger partial charge is 0.427 e. The van der Waals surface area contributed by atoms with Crippen LogP contribution in [0.1, 0.15) is 51.9 Å². The van der Waals surface area contributed by atoms with Crippen LogP contribution in [0.4, 0.5) is 0 Å². The van der Waals surface area contributed by atoms with Gasteiger partial charge in [-0.15, -0.1) is 0 Å². The van der Waals surface area contributed by atoms with Gasteiger partial charge < -0.3 is 4.74 Å². The molecule has 0 heterocycles. The molecule has 19 heavy (non-hydrogen) atoms. The summed E-state index contributed by atoms with van der Waals surface area (Å²) in [5.41, 5.74) is 0. The van der Waals surface area contributed by atoms with E-state index in [0.29, 0.717) is 12.2 Å². The molecule has 2 nitrogen and oxygen atoms in total. The third-order valence-electron chi connectivity index (χ3n) is 2.88. The van der Waals surface area contributed by atoms with E-state index >= 15 is 0 Å². The molecular formula is C17H24O2. The van der Waals surface area contributed by atoms with Crippen LogP contribution in [-0.4, -0.2) is 5.97 Å². The van der Waals surface area contributed by atoms with Crippen LogP contribution in [0.5, 0.6) is 5.75 Å². The van der Waals surface area contributed by atoms with Gasteiger partial charge in [-0.25, -0.2) is 0 Å². The molecule has 0 amide bonds. The van der Waals surface area contributed by atoms with Crippen molar-refractivity contribution in [2.24, 2.45) is 0 Å². The Morgan fingerprint density at radius 3 is 2.53 bits per heavy atom. The molecule has 0 aliphatic carbocycles. The monoisotopic (exact) mass is 260 g/mol. The fraction of sp³-hybridized carbons (Fsp3) is 0.471. The van der Waals surface area contributed by atoms with Gasteiger partial charge in [-0.05, 0) is 31.4 Å². The number of hydrogen-bond acceptors (Lipinski definition) is 2. The Hall–Kier alpha value is -1.57. The quantitative estimate of drug-likeness (QED) is 0.273. The van der Waals surface area contributed by atoms with Gasteiger partial charge in [0.05, 0.1) is 0 Å². The Morgan fingerprint density at radius 1 is 1.05 bits per heavy atom. The lowest BCUT2D eigenvalue weighted by Crippen LogP contribution is -2.06. The SMILES string of the molecule is CCCCCC/C=C/CCC(=O)Oc1ccccc1. The third kappa shape index (κ3) is 8.20. The lowest BCUT2D eigenvalue weighted by molar-refractivity contribution is -0.134. The maximum absolute atomic E-state index is 11.5. The molecule has 0 radical (unpaired) electrons. The number of esters is 1. The van der Waals surface area contributed by atoms with Crippen LogP contribution in [0.2, 0.25) is 0 Å². The molecule has 0 fully saturated rings. The summed E-state index contributed by atoms with van der Waals surface area (Å²) in [6.07, 6.45) is 11.7. The summed E-state index contributed by atoms with van der Waals surface area (Å²) in [6.45, 7) is 2.22. The smallest absolute Gasteiger partial charge is 0.311 e. The Balaban J connectivity index is 2.06. The van der Waals surface area contributed by atoms with Crippen molar-refractivity contribution in [1.82, 2.24) is 0 Å². The van der Waals surface area contributed by atoms with Gasteiger partial charge in [-0.1, -0.05) is 56.5 Å². The Morgan fingerprint density at radius 2 is 1.79 bits per heavy atom. The Bertz CT molecular complexity index is 368. The van der Waals surface area contributed by atoms with Crippen molar-refractivity contribution in [3.8, 4) is 5.75 Å². The van der Waals surface area contributed by atoms with Gasteiger partial charge >= 0.3 is 5.97 Å². The van der Waals surface area contributed by atoms with Gasteiger partial charge in [0.25, 0.3) is 0 Å². The van der Waals surface area contributed by atoms with Gasteiger partial charge in [0, 0.05) is 6.42 Å². The van der Waals surface area contributed by atoms with Crippen molar-refractivity contribution in [1.29, 1.82) is 0 Å². The highest BCUT2D eigenvalue weighted by Gasteiger charge is 2.02. The van der Waals surface area contributed by atoms with Crippen molar-refractivity contribution in [2.45, 2.75) is 51.9 Å². The van der Waals surface area contributed by atoms with E-state index in [1.807, 2.05) is 18.2 Å². The van der Waals surface area contributed by atoms with E-state index < -0.39 is 0 Å². The number of hydrogen-bond donors (Lipinski definition) is 0. The van der Waals surface area contributed by atoms with Crippen LogP contribution in [0.15, 0.2) is 42.5 Å². The van der Waals surface area contributed by atoms with E-state index in [1.54, 1.807) is 12.1 Å². The summed E-state index contributed by atoms with van der Waals surface area (Å²) < 4.78 is 5.20. The van der Waals surface area contributed by atoms with Crippen LogP contribution in [0.25, 0.3) is 0 Å². The second-order valence-electron chi connectivity index (χ2n) is 4.65. The first-order valence-corrected chi connectivity index (χ1v) is 7.23. The zero-order valence-electron chi connectivity index (χ0n) is 11.8. The molecule has 0 saturated carbocycles. The van der Waals surface area contributed by atoms with Crippen LogP contribution in [0.3, 0.4) is 0 Å². The summed E-state index contributed by atoms with van der Waals surface area (Å²) >= 11 is 0. The molecule has 0 saturated heterocycles. The molecule has 1 rings (SSSR count). The van der Waals surface area contributed by atoms with E-state index in [4.69, 9.17) is 4.74 Å². The number of unbranched alkanes of at least 4 members (excludes halogenated alkanes) is 4. The summed E-state index contributed by atoms with van der Waals surface area (Å²) in [4.78, 5) is 11.5. The predicted octanol–water partition coefficient (Wildman–Crippen LogP) is 4.90. The molecule has 0 bridgehead atoms. The Labute approximate surface area is 116 Å². The highest BCUT2D eigenvalue weighted by molar-refractivity contribution is 5.72. The van der Waals surface area contributed by atoms with E-state index in [2.05, 4.69) is 19.1 Å². The predicted molar refractivity (Wildman–Crippen MR) is 79.2 cm³/mol. The van der Waals surface area contributed by atoms with Crippen molar-refractivity contribution in [2.75, 3.05) is 0 Å². The summed E-state index contributed by atoms with van der Waals surface area (Å²) in [5, 5.41) is 0. The first kappa shape index (κ1) is 15.5. The minimum absolute atomic E-state index is 0.165. The maximum atomic E-state index is 11.5. The van der Waals surface area contributed by atoms with Crippen molar-refractivity contribution in [3.63, 3.8) is 0 Å². The number of carbonyl (C=O) groups excluding carboxylic acids is 1. The van der Waals surface area contributed by atoms with Gasteiger partial charge in [-0.3, -0.25) is 4.79 Å². The molecule has 1 aromatic carbocycles. The van der Waals surface area contributed by atoms with Gasteiger partial charge in [0.2, 0.25) is 0 Å². The standard InChI is InChI=1S/C17H24O2/c1-2-3-4-5-6-7-8-12-15-17(18)19-16-13-10-9-11-14-16/h7-11,13-14H,2-6,12,15H2,1H3/b8-7+. The lowest BCUT2D eigenvalue weighted by atomic mass is 10.1. The molecule has 104 valence electrons. The number of benzene rings is 1. The van der Waals surface area contributed by atoms with Gasteiger partial charge in [-0.2, -0.15) is 0 Å². The van der Waals surface area contributed by atoms with Crippen molar-refractivity contribution < 1.29 is 9.53 Å². The minimum atomic E-state index is -0.165. The number of ether oxygens (including phenoxy) is 1. The normalized spacial score (nSPS) is 10.8. The molecule has 0 aliphatic heterocycles. The summed E-state index contributed by atoms with van der Waals surface area (Å²) in [5.74, 6) is 0.456. The van der Waals surface area contributed by atoms with E-state index in [1.165, 1.54) is 25.7 Å². The average molecular weight is 260 g/mol. The molecule has 0 unspecified atom stereocenters. The molecule has 0 aliphatic rings. The number of rotatable bonds is 9. The highest BCUT2D eigenvalue weighted by atomic mass is 16.5. The molecule has 0 atom stereocenters. The molecule has 1 aromatic rings. The second-order valence-corrected chi connectivity index (χ2v) is 4.65. The van der Waals surface area contributed by atoms with E-state index in [0.717, 1.165) is 12.8 Å². The molecule has 0 spiro atoms. The average Bonchev–Trinajstić information content (AvgIpc) is 2.43. The fourth-order valence-electron chi connectivity index (χ4n) is 1.80. The first-order chi connectivity index (χ1) is 9.33. The third-order valence-corrected chi connectivity index (χ3v) is 2.88. The zero-order valence-corrected chi connectivity index (χ0v) is 11.8. The van der Waals surface area contributed by atoms with Crippen molar-refractivity contribution in [3.05, 3.63) is 42.5 Å². The molecule has 0 aromatic heterocycles. The zero-order chi connectivity index (χ0) is 13.8. The van der Waals surface area contributed by atoms with Gasteiger partial charge in [0.1, 0.15) is 5.75 Å². The fourth-order valence-corrected chi connectivity index (χ4v) is 1.80. The molecule has 2 heteroatoms. The molecular weight excluding hydrogens is 236 g/mol. The van der Waals surface area contributed by atoms with Crippen LogP contribution in [0, 0.1) is 0 Å². The highest BCUT2D eigenvalue weighted by Crippen LogP contribution is 2.10. The maximum Gasteiger partial charge on any atom is 0.311 e. The summed E-state index contributed by atoms with van der Waals surface area (Å²) in [6, 6.07) is 9.21. The summed E-state index contributed by atoms with van der Waals surface area (Å²) in [7, 11) is 0. The number of allylic oxidation sites excluding steroid dienone is 2. The van der Waals surface area contributed by atoms with Crippen LogP contribution < -0.4 is 4.74 Å². The number of carbonyl (C=O) groups is 1. The van der Waals surface area contributed by atoms with Crippen molar-refractivity contribution >= 4 is 5.97 Å².